The molecule has 0 aliphatic rings. The number of rotatable bonds is 6. The van der Waals surface area contributed by atoms with Gasteiger partial charge in [0.15, 0.2) is 5.82 Å². The molecule has 0 saturated heterocycles. The zero-order valence-corrected chi connectivity index (χ0v) is 17.4. The smallest absolute Gasteiger partial charge is 0.238 e. The van der Waals surface area contributed by atoms with E-state index in [0.29, 0.717) is 18.8 Å². The van der Waals surface area contributed by atoms with Gasteiger partial charge in [0.25, 0.3) is 0 Å². The Morgan fingerprint density at radius 1 is 1.15 bits per heavy atom. The van der Waals surface area contributed by atoms with E-state index in [1.165, 1.54) is 12.1 Å². The maximum Gasteiger partial charge on any atom is 0.238 e. The van der Waals surface area contributed by atoms with Crippen molar-refractivity contribution in [2.45, 2.75) is 17.9 Å². The van der Waals surface area contributed by atoms with Crippen molar-refractivity contribution in [3.05, 3.63) is 70.2 Å². The van der Waals surface area contributed by atoms with Crippen molar-refractivity contribution < 1.29 is 8.42 Å². The quantitative estimate of drug-likeness (QED) is 0.622. The lowest BCUT2D eigenvalue weighted by atomic mass is 10.1. The monoisotopic (exact) mass is 449 g/mol. The second-order valence-electron chi connectivity index (χ2n) is 6.44. The Morgan fingerprint density at radius 2 is 1.85 bits per heavy atom. The van der Waals surface area contributed by atoms with E-state index in [0.717, 1.165) is 21.5 Å². The van der Waals surface area contributed by atoms with Gasteiger partial charge >= 0.3 is 0 Å². The molecule has 0 spiro atoms. The molecular weight excluding hydrogens is 430 g/mol. The molecule has 0 radical (unpaired) electrons. The van der Waals surface area contributed by atoms with Crippen LogP contribution in [0.4, 0.5) is 0 Å². The van der Waals surface area contributed by atoms with E-state index in [2.05, 4.69) is 26.0 Å². The predicted octanol–water partition coefficient (Wildman–Crippen LogP) is 2.33. The van der Waals surface area contributed by atoms with Crippen LogP contribution in [-0.4, -0.2) is 42.2 Å². The average molecular weight is 450 g/mol. The molecule has 3 rings (SSSR count). The summed E-state index contributed by atoms with van der Waals surface area (Å²) in [5.74, 6) is 1.47. The van der Waals surface area contributed by atoms with Crippen LogP contribution >= 0.6 is 15.9 Å². The van der Waals surface area contributed by atoms with Crippen molar-refractivity contribution in [3.8, 4) is 5.69 Å². The lowest BCUT2D eigenvalue weighted by Gasteiger charge is -2.07. The van der Waals surface area contributed by atoms with E-state index in [-0.39, 0.29) is 4.90 Å². The molecule has 9 heteroatoms. The fraction of sp³-hybridized carbons (Fsp3) is 0.222. The van der Waals surface area contributed by atoms with Gasteiger partial charge in [-0.2, -0.15) is 0 Å². The number of halogens is 1. The van der Waals surface area contributed by atoms with Crippen LogP contribution in [0.25, 0.3) is 5.69 Å². The van der Waals surface area contributed by atoms with Gasteiger partial charge in [-0.1, -0.05) is 28.1 Å². The minimum Gasteiger partial charge on any atom is -0.302 e. The summed E-state index contributed by atoms with van der Waals surface area (Å²) < 4.78 is 25.7. The molecule has 0 atom stereocenters. The van der Waals surface area contributed by atoms with Gasteiger partial charge in [0.2, 0.25) is 10.0 Å². The van der Waals surface area contributed by atoms with Crippen molar-refractivity contribution in [1.82, 2.24) is 19.7 Å². The summed E-state index contributed by atoms with van der Waals surface area (Å²) >= 11 is 3.49. The van der Waals surface area contributed by atoms with E-state index in [4.69, 9.17) is 5.14 Å². The number of hydrogen-bond donors (Lipinski definition) is 1. The van der Waals surface area contributed by atoms with Crippen LogP contribution in [0.5, 0.6) is 0 Å². The Bertz CT molecular complexity index is 1050. The SMILES string of the molecule is CN(C)Cc1nc(Cc2cccc(Br)c2)n(-c2ccc(S(N)(=O)=O)cc2)n1. The van der Waals surface area contributed by atoms with Gasteiger partial charge in [-0.05, 0) is 56.1 Å². The van der Waals surface area contributed by atoms with E-state index in [9.17, 15) is 8.42 Å². The molecule has 0 amide bonds. The summed E-state index contributed by atoms with van der Waals surface area (Å²) in [6.07, 6.45) is 0.594. The minimum absolute atomic E-state index is 0.0634. The van der Waals surface area contributed by atoms with E-state index in [1.807, 2.05) is 43.3 Å². The Kier molecular flexibility index (Phi) is 5.75. The highest BCUT2D eigenvalue weighted by atomic mass is 79.9. The highest BCUT2D eigenvalue weighted by Gasteiger charge is 2.14. The van der Waals surface area contributed by atoms with Crippen molar-refractivity contribution in [2.24, 2.45) is 5.14 Å². The number of hydrogen-bond acceptors (Lipinski definition) is 5. The summed E-state index contributed by atoms with van der Waals surface area (Å²) in [7, 11) is 0.175. The summed E-state index contributed by atoms with van der Waals surface area (Å²) in [5, 5.41) is 9.78. The lowest BCUT2D eigenvalue weighted by Crippen LogP contribution is -2.13. The second kappa shape index (κ2) is 7.89. The van der Waals surface area contributed by atoms with Gasteiger partial charge in [0.05, 0.1) is 17.1 Å². The van der Waals surface area contributed by atoms with Gasteiger partial charge in [0, 0.05) is 10.9 Å². The maximum absolute atomic E-state index is 11.5. The minimum atomic E-state index is -3.73. The molecule has 142 valence electrons. The summed E-state index contributed by atoms with van der Waals surface area (Å²) in [6.45, 7) is 0.605. The molecule has 3 aromatic rings. The Morgan fingerprint density at radius 3 is 2.44 bits per heavy atom. The molecule has 0 aliphatic heterocycles. The first-order valence-electron chi connectivity index (χ1n) is 8.19. The summed E-state index contributed by atoms with van der Waals surface area (Å²) in [4.78, 5) is 6.73. The molecule has 0 saturated carbocycles. The molecule has 7 nitrogen and oxygen atoms in total. The molecular formula is C18H20BrN5O2S. The zero-order valence-electron chi connectivity index (χ0n) is 15.0. The van der Waals surface area contributed by atoms with Crippen molar-refractivity contribution in [1.29, 1.82) is 0 Å². The first kappa shape index (κ1) is 19.7. The molecule has 0 fully saturated rings. The Labute approximate surface area is 167 Å². The van der Waals surface area contributed by atoms with Crippen molar-refractivity contribution in [2.75, 3.05) is 14.1 Å². The highest BCUT2D eigenvalue weighted by molar-refractivity contribution is 9.10. The Hall–Kier alpha value is -2.07. The first-order chi connectivity index (χ1) is 12.7. The van der Waals surface area contributed by atoms with Crippen molar-refractivity contribution in [3.63, 3.8) is 0 Å². The van der Waals surface area contributed by atoms with Crippen molar-refractivity contribution >= 4 is 26.0 Å². The van der Waals surface area contributed by atoms with Crippen LogP contribution in [0.1, 0.15) is 17.2 Å². The number of benzene rings is 2. The fourth-order valence-electron chi connectivity index (χ4n) is 2.67. The van der Waals surface area contributed by atoms with Gasteiger partial charge in [-0.15, -0.1) is 5.10 Å². The van der Waals surface area contributed by atoms with Gasteiger partial charge in [-0.25, -0.2) is 23.2 Å². The van der Waals surface area contributed by atoms with Crippen LogP contribution < -0.4 is 5.14 Å². The standard InChI is InChI=1S/C18H20BrN5O2S/c1-23(2)12-17-21-18(11-13-4-3-5-14(19)10-13)24(22-17)15-6-8-16(9-7-15)27(20,25)26/h3-10H,11-12H2,1-2H3,(H2,20,25,26). The lowest BCUT2D eigenvalue weighted by molar-refractivity contribution is 0.390. The number of nitrogens with zero attached hydrogens (tertiary/aromatic N) is 4. The normalized spacial score (nSPS) is 11.9. The highest BCUT2D eigenvalue weighted by Crippen LogP contribution is 2.18. The zero-order chi connectivity index (χ0) is 19.6. The molecule has 27 heavy (non-hydrogen) atoms. The molecule has 1 aromatic heterocycles. The molecule has 1 heterocycles. The predicted molar refractivity (Wildman–Crippen MR) is 107 cm³/mol. The number of aromatic nitrogens is 3. The summed E-state index contributed by atoms with van der Waals surface area (Å²) in [5.41, 5.74) is 1.82. The van der Waals surface area contributed by atoms with Gasteiger partial charge in [0.1, 0.15) is 5.82 Å². The van der Waals surface area contributed by atoms with Crippen LogP contribution in [0.15, 0.2) is 57.9 Å². The third-order valence-corrected chi connectivity index (χ3v) is 5.26. The van der Waals surface area contributed by atoms with E-state index in [1.54, 1.807) is 16.8 Å². The number of sulfonamides is 1. The summed E-state index contributed by atoms with van der Waals surface area (Å²) in [6, 6.07) is 14.3. The van der Waals surface area contributed by atoms with Crippen LogP contribution in [0.3, 0.4) is 0 Å². The van der Waals surface area contributed by atoms with Crippen LogP contribution in [-0.2, 0) is 23.0 Å². The van der Waals surface area contributed by atoms with E-state index >= 15 is 0 Å². The van der Waals surface area contributed by atoms with Crippen LogP contribution in [0, 0.1) is 0 Å². The first-order valence-corrected chi connectivity index (χ1v) is 10.5. The maximum atomic E-state index is 11.5. The molecule has 2 aromatic carbocycles. The van der Waals surface area contributed by atoms with Gasteiger partial charge in [-0.3, -0.25) is 0 Å². The van der Waals surface area contributed by atoms with Gasteiger partial charge < -0.3 is 4.90 Å². The number of nitrogens with two attached hydrogens (primary N) is 1. The molecule has 2 N–H and O–H groups in total. The third-order valence-electron chi connectivity index (χ3n) is 3.84. The number of primary sulfonamides is 1. The second-order valence-corrected chi connectivity index (χ2v) is 8.92. The molecule has 0 bridgehead atoms. The average Bonchev–Trinajstić information content (AvgIpc) is 2.95. The largest absolute Gasteiger partial charge is 0.302 e. The third kappa shape index (κ3) is 5.01. The molecule has 0 unspecified atom stereocenters. The van der Waals surface area contributed by atoms with E-state index < -0.39 is 10.0 Å². The van der Waals surface area contributed by atoms with Crippen LogP contribution in [0.2, 0.25) is 0 Å². The topological polar surface area (TPSA) is 94.1 Å². The Balaban J connectivity index is 2.00. The molecule has 0 aliphatic carbocycles. The fourth-order valence-corrected chi connectivity index (χ4v) is 3.63.